The van der Waals surface area contributed by atoms with Gasteiger partial charge in [0.2, 0.25) is 0 Å². The van der Waals surface area contributed by atoms with Crippen molar-refractivity contribution in [3.63, 3.8) is 0 Å². The first-order chi connectivity index (χ1) is 5.88. The summed E-state index contributed by atoms with van der Waals surface area (Å²) >= 11 is 0. The zero-order chi connectivity index (χ0) is 8.39. The molecule has 0 aromatic carbocycles. The van der Waals surface area contributed by atoms with Crippen LogP contribution in [0.3, 0.4) is 0 Å². The van der Waals surface area contributed by atoms with E-state index in [1.165, 1.54) is 12.8 Å². The van der Waals surface area contributed by atoms with Crippen LogP contribution in [0.15, 0.2) is 11.8 Å². The molecule has 0 radical (unpaired) electrons. The molecule has 2 rings (SSSR count). The van der Waals surface area contributed by atoms with Crippen molar-refractivity contribution in [2.45, 2.75) is 19.8 Å². The molecule has 0 saturated carbocycles. The third-order valence-electron chi connectivity index (χ3n) is 2.83. The lowest BCUT2D eigenvalue weighted by Gasteiger charge is -2.32. The molecule has 2 heteroatoms. The Morgan fingerprint density at radius 2 is 2.17 bits per heavy atom. The molecule has 1 atom stereocenters. The van der Waals surface area contributed by atoms with E-state index in [9.17, 15) is 0 Å². The van der Waals surface area contributed by atoms with Crippen molar-refractivity contribution in [1.82, 2.24) is 4.90 Å². The molecule has 0 aromatic rings. The van der Waals surface area contributed by atoms with Gasteiger partial charge >= 0.3 is 0 Å². The Morgan fingerprint density at radius 3 is 2.75 bits per heavy atom. The van der Waals surface area contributed by atoms with Gasteiger partial charge in [-0.05, 0) is 18.8 Å². The molecule has 0 amide bonds. The zero-order valence-corrected chi connectivity index (χ0v) is 7.75. The number of ether oxygens (including phenoxy) is 1. The lowest BCUT2D eigenvalue weighted by molar-refractivity contribution is 0.0499. The number of allylic oxidation sites excluding steroid dienone is 2. The van der Waals surface area contributed by atoms with Crippen LogP contribution in [0, 0.1) is 5.92 Å². The molecule has 0 bridgehead atoms. The number of morpholine rings is 1. The number of hydrogen-bond donors (Lipinski definition) is 0. The summed E-state index contributed by atoms with van der Waals surface area (Å²) < 4.78 is 5.33. The van der Waals surface area contributed by atoms with Gasteiger partial charge in [0.1, 0.15) is 0 Å². The van der Waals surface area contributed by atoms with Crippen LogP contribution in [0.1, 0.15) is 19.8 Å². The van der Waals surface area contributed by atoms with Gasteiger partial charge in [0.15, 0.2) is 0 Å². The summed E-state index contributed by atoms with van der Waals surface area (Å²) in [5.41, 5.74) is 1.57. The van der Waals surface area contributed by atoms with Crippen LogP contribution >= 0.6 is 0 Å². The van der Waals surface area contributed by atoms with Crippen LogP contribution in [0.4, 0.5) is 0 Å². The van der Waals surface area contributed by atoms with Gasteiger partial charge in [-0.3, -0.25) is 0 Å². The van der Waals surface area contributed by atoms with E-state index in [1.54, 1.807) is 5.70 Å². The Labute approximate surface area is 74.2 Å². The van der Waals surface area contributed by atoms with E-state index < -0.39 is 0 Å². The first-order valence-electron chi connectivity index (χ1n) is 4.90. The Bertz CT molecular complexity index is 182. The topological polar surface area (TPSA) is 12.5 Å². The van der Waals surface area contributed by atoms with Gasteiger partial charge < -0.3 is 9.64 Å². The van der Waals surface area contributed by atoms with Crippen LogP contribution in [0.5, 0.6) is 0 Å². The highest BCUT2D eigenvalue weighted by Crippen LogP contribution is 2.28. The van der Waals surface area contributed by atoms with Gasteiger partial charge in [0.25, 0.3) is 0 Å². The summed E-state index contributed by atoms with van der Waals surface area (Å²) in [6.07, 6.45) is 5.01. The summed E-state index contributed by atoms with van der Waals surface area (Å²) in [6, 6.07) is 0. The molecule has 0 spiro atoms. The maximum Gasteiger partial charge on any atom is 0.0642 e. The fraction of sp³-hybridized carbons (Fsp3) is 0.800. The molecule has 12 heavy (non-hydrogen) atoms. The van der Waals surface area contributed by atoms with Gasteiger partial charge in [-0.2, -0.15) is 0 Å². The molecular formula is C10H17NO. The minimum Gasteiger partial charge on any atom is -0.378 e. The molecule has 1 saturated heterocycles. The summed E-state index contributed by atoms with van der Waals surface area (Å²) in [6.45, 7) is 6.33. The van der Waals surface area contributed by atoms with E-state index in [0.29, 0.717) is 0 Å². The second-order valence-electron chi connectivity index (χ2n) is 3.71. The molecule has 1 fully saturated rings. The van der Waals surface area contributed by atoms with Crippen LogP contribution < -0.4 is 0 Å². The number of nitrogens with zero attached hydrogens (tertiary/aromatic N) is 1. The SMILES string of the molecule is CC1CCC=C1N1CCOCC1. The molecule has 1 aliphatic carbocycles. The van der Waals surface area contributed by atoms with E-state index in [-0.39, 0.29) is 0 Å². The third-order valence-corrected chi connectivity index (χ3v) is 2.83. The first-order valence-corrected chi connectivity index (χ1v) is 4.90. The normalized spacial score (nSPS) is 30.6. The molecule has 1 aliphatic heterocycles. The van der Waals surface area contributed by atoms with Crippen molar-refractivity contribution in [1.29, 1.82) is 0 Å². The molecular weight excluding hydrogens is 150 g/mol. The number of hydrogen-bond acceptors (Lipinski definition) is 2. The van der Waals surface area contributed by atoms with E-state index in [2.05, 4.69) is 17.9 Å². The van der Waals surface area contributed by atoms with E-state index in [0.717, 1.165) is 32.2 Å². The Balaban J connectivity index is 1.97. The lowest BCUT2D eigenvalue weighted by atomic mass is 10.1. The van der Waals surface area contributed by atoms with Gasteiger partial charge in [-0.25, -0.2) is 0 Å². The van der Waals surface area contributed by atoms with Crippen LogP contribution in [0.2, 0.25) is 0 Å². The predicted molar refractivity (Wildman–Crippen MR) is 48.9 cm³/mol. The van der Waals surface area contributed by atoms with Crippen LogP contribution in [-0.2, 0) is 4.74 Å². The fourth-order valence-corrected chi connectivity index (χ4v) is 2.09. The minimum atomic E-state index is 0.781. The monoisotopic (exact) mass is 167 g/mol. The standard InChI is InChI=1S/C10H17NO/c1-9-3-2-4-10(9)11-5-7-12-8-6-11/h4,9H,2-3,5-8H2,1H3. The van der Waals surface area contributed by atoms with Crippen molar-refractivity contribution in [2.75, 3.05) is 26.3 Å². The highest BCUT2D eigenvalue weighted by atomic mass is 16.5. The Kier molecular flexibility index (Phi) is 2.35. The predicted octanol–water partition coefficient (Wildman–Crippen LogP) is 1.63. The van der Waals surface area contributed by atoms with Crippen molar-refractivity contribution < 1.29 is 4.74 Å². The lowest BCUT2D eigenvalue weighted by Crippen LogP contribution is -2.36. The highest BCUT2D eigenvalue weighted by Gasteiger charge is 2.21. The van der Waals surface area contributed by atoms with E-state index in [1.807, 2.05) is 0 Å². The highest BCUT2D eigenvalue weighted by molar-refractivity contribution is 5.10. The Morgan fingerprint density at radius 1 is 1.42 bits per heavy atom. The average molecular weight is 167 g/mol. The fourth-order valence-electron chi connectivity index (χ4n) is 2.09. The zero-order valence-electron chi connectivity index (χ0n) is 7.75. The summed E-state index contributed by atoms with van der Waals surface area (Å²) in [4.78, 5) is 2.49. The second-order valence-corrected chi connectivity index (χ2v) is 3.71. The smallest absolute Gasteiger partial charge is 0.0642 e. The van der Waals surface area contributed by atoms with Crippen molar-refractivity contribution >= 4 is 0 Å². The largest absolute Gasteiger partial charge is 0.378 e. The molecule has 1 unspecified atom stereocenters. The molecule has 2 nitrogen and oxygen atoms in total. The van der Waals surface area contributed by atoms with Gasteiger partial charge in [-0.15, -0.1) is 0 Å². The van der Waals surface area contributed by atoms with Gasteiger partial charge in [0, 0.05) is 18.8 Å². The third kappa shape index (κ3) is 1.48. The molecule has 0 N–H and O–H groups in total. The van der Waals surface area contributed by atoms with Crippen LogP contribution in [-0.4, -0.2) is 31.2 Å². The van der Waals surface area contributed by atoms with Crippen molar-refractivity contribution in [3.8, 4) is 0 Å². The molecule has 2 aliphatic rings. The summed E-state index contributed by atoms with van der Waals surface area (Å²) in [5.74, 6) is 0.781. The Hall–Kier alpha value is -0.500. The molecule has 0 aromatic heterocycles. The van der Waals surface area contributed by atoms with Gasteiger partial charge in [0.05, 0.1) is 13.2 Å². The minimum absolute atomic E-state index is 0.781. The molecule has 68 valence electrons. The second kappa shape index (κ2) is 3.48. The maximum absolute atomic E-state index is 5.33. The maximum atomic E-state index is 5.33. The first kappa shape index (κ1) is 8.11. The van der Waals surface area contributed by atoms with Crippen molar-refractivity contribution in [2.24, 2.45) is 5.92 Å². The average Bonchev–Trinajstić information content (AvgIpc) is 2.53. The molecule has 1 heterocycles. The van der Waals surface area contributed by atoms with E-state index >= 15 is 0 Å². The number of rotatable bonds is 1. The van der Waals surface area contributed by atoms with Crippen LogP contribution in [0.25, 0.3) is 0 Å². The quantitative estimate of drug-likeness (QED) is 0.588. The van der Waals surface area contributed by atoms with Gasteiger partial charge in [-0.1, -0.05) is 13.0 Å². The summed E-state index contributed by atoms with van der Waals surface area (Å²) in [5, 5.41) is 0. The van der Waals surface area contributed by atoms with Crippen molar-refractivity contribution in [3.05, 3.63) is 11.8 Å². The summed E-state index contributed by atoms with van der Waals surface area (Å²) in [7, 11) is 0. The van der Waals surface area contributed by atoms with E-state index in [4.69, 9.17) is 4.74 Å².